The average molecular weight is 580 g/mol. The van der Waals surface area contributed by atoms with Gasteiger partial charge < -0.3 is 14.6 Å². The van der Waals surface area contributed by atoms with E-state index in [0.717, 1.165) is 22.0 Å². The third-order valence-electron chi connectivity index (χ3n) is 7.17. The number of alkyl halides is 2. The average Bonchev–Trinajstić information content (AvgIpc) is 3.25. The van der Waals surface area contributed by atoms with Gasteiger partial charge in [-0.15, -0.1) is 0 Å². The molecular weight excluding hydrogens is 554 g/mol. The molecule has 1 aliphatic carbocycles. The van der Waals surface area contributed by atoms with Crippen molar-refractivity contribution in [3.63, 3.8) is 0 Å². The maximum absolute atomic E-state index is 12.2. The third-order valence-corrected chi connectivity index (χ3v) is 7.90. The maximum Gasteiger partial charge on any atom is 0.272 e. The molecule has 190 valence electrons. The van der Waals surface area contributed by atoms with Crippen molar-refractivity contribution >= 4 is 27.5 Å². The zero-order chi connectivity index (χ0) is 25.7. The Bertz CT molecular complexity index is 1260. The first kappa shape index (κ1) is 25.4. The zero-order valence-corrected chi connectivity index (χ0v) is 22.2. The maximum atomic E-state index is 12.2. The second-order valence-corrected chi connectivity index (χ2v) is 10.9. The van der Waals surface area contributed by atoms with Gasteiger partial charge in [0.25, 0.3) is 5.92 Å². The summed E-state index contributed by atoms with van der Waals surface area (Å²) >= 11 is 9.72. The molecule has 1 saturated heterocycles. The fourth-order valence-electron chi connectivity index (χ4n) is 5.78. The van der Waals surface area contributed by atoms with Crippen LogP contribution in [0, 0.1) is 0 Å². The largest absolute Gasteiger partial charge is 0.481 e. The highest BCUT2D eigenvalue weighted by atomic mass is 79.9. The monoisotopic (exact) mass is 578 g/mol. The van der Waals surface area contributed by atoms with E-state index in [-0.39, 0.29) is 24.2 Å². The van der Waals surface area contributed by atoms with Crippen LogP contribution in [-0.2, 0) is 11.2 Å². The molecule has 0 spiro atoms. The number of hydrogen-bond donors (Lipinski definition) is 1. The molecule has 3 heterocycles. The molecule has 2 aromatic carbocycles. The van der Waals surface area contributed by atoms with Gasteiger partial charge in [0.2, 0.25) is 5.88 Å². The topological polar surface area (TPSA) is 54.8 Å². The van der Waals surface area contributed by atoms with E-state index in [0.29, 0.717) is 23.6 Å². The van der Waals surface area contributed by atoms with Gasteiger partial charge in [-0.1, -0.05) is 70.0 Å². The lowest BCUT2D eigenvalue weighted by molar-refractivity contribution is -0.119. The highest BCUT2D eigenvalue weighted by molar-refractivity contribution is 9.10. The van der Waals surface area contributed by atoms with Crippen LogP contribution in [0.4, 0.5) is 8.78 Å². The Hall–Kier alpha value is -2.26. The van der Waals surface area contributed by atoms with Gasteiger partial charge in [0, 0.05) is 16.5 Å². The summed E-state index contributed by atoms with van der Waals surface area (Å²) in [5.74, 6) is -1.60. The summed E-state index contributed by atoms with van der Waals surface area (Å²) in [6, 6.07) is 19.8. The number of rotatable bonds is 3. The van der Waals surface area contributed by atoms with E-state index in [1.807, 2.05) is 42.5 Å². The van der Waals surface area contributed by atoms with E-state index >= 15 is 0 Å². The molecule has 36 heavy (non-hydrogen) atoms. The Morgan fingerprint density at radius 1 is 1.14 bits per heavy atom. The number of nitrogens with zero attached hydrogens (tertiary/aromatic N) is 2. The minimum absolute atomic E-state index is 0.0502. The number of methoxy groups -OCH3 is 1. The molecule has 1 saturated carbocycles. The fourth-order valence-corrected chi connectivity index (χ4v) is 6.22. The fraction of sp³-hybridized carbons (Fsp3) is 0.370. The minimum Gasteiger partial charge on any atom is -0.481 e. The lowest BCUT2D eigenvalue weighted by Gasteiger charge is -2.40. The third kappa shape index (κ3) is 4.08. The van der Waals surface area contributed by atoms with Gasteiger partial charge in [0.15, 0.2) is 5.60 Å². The molecule has 2 fully saturated rings. The molecule has 3 aliphatic rings. The Morgan fingerprint density at radius 3 is 2.36 bits per heavy atom. The number of fused-ring (bicyclic) bond motifs is 3. The van der Waals surface area contributed by atoms with Gasteiger partial charge in [-0.2, -0.15) is 0 Å². The van der Waals surface area contributed by atoms with Crippen molar-refractivity contribution < 1.29 is 23.4 Å². The quantitative estimate of drug-likeness (QED) is 0.379. The number of hydrogen-bond acceptors (Lipinski definition) is 5. The van der Waals surface area contributed by atoms with Crippen LogP contribution in [0.3, 0.4) is 0 Å². The van der Waals surface area contributed by atoms with Gasteiger partial charge in [0.1, 0.15) is 16.5 Å². The van der Waals surface area contributed by atoms with Crippen LogP contribution < -0.4 is 9.47 Å². The predicted octanol–water partition coefficient (Wildman–Crippen LogP) is 6.13. The predicted molar refractivity (Wildman–Crippen MR) is 137 cm³/mol. The Morgan fingerprint density at radius 2 is 1.81 bits per heavy atom. The van der Waals surface area contributed by atoms with Gasteiger partial charge in [-0.3, -0.25) is 4.90 Å². The second kappa shape index (κ2) is 9.24. The number of aliphatic hydroxyl groups is 1. The minimum atomic E-state index is -2.38. The normalized spacial score (nSPS) is 27.7. The summed E-state index contributed by atoms with van der Waals surface area (Å²) in [4.78, 5) is 5.88. The SMILES string of the molecule is CN1CC(F)(F)C1.COc1nc(Cl)cc2c1C1(O)CCC(c3ccccc3)C1(c1ccc(Br)cc1)O2. The number of aromatic nitrogens is 1. The summed E-state index contributed by atoms with van der Waals surface area (Å²) in [6.07, 6.45) is 1.29. The Balaban J connectivity index is 0.000000330. The smallest absolute Gasteiger partial charge is 0.272 e. The van der Waals surface area contributed by atoms with Crippen LogP contribution in [0.15, 0.2) is 65.1 Å². The number of benzene rings is 2. The molecule has 0 amide bonds. The van der Waals surface area contributed by atoms with Crippen LogP contribution in [0.5, 0.6) is 11.6 Å². The van der Waals surface area contributed by atoms with E-state index in [9.17, 15) is 13.9 Å². The summed E-state index contributed by atoms with van der Waals surface area (Å²) in [5, 5.41) is 12.5. The Labute approximate surface area is 222 Å². The molecule has 3 atom stereocenters. The zero-order valence-electron chi connectivity index (χ0n) is 19.8. The number of ether oxygens (including phenoxy) is 2. The molecule has 3 unspecified atom stereocenters. The van der Waals surface area contributed by atoms with Gasteiger partial charge >= 0.3 is 0 Å². The van der Waals surface area contributed by atoms with Crippen molar-refractivity contribution in [2.45, 2.75) is 35.9 Å². The van der Waals surface area contributed by atoms with Crippen molar-refractivity contribution in [2.75, 3.05) is 27.2 Å². The van der Waals surface area contributed by atoms with Gasteiger partial charge in [-0.25, -0.2) is 13.8 Å². The van der Waals surface area contributed by atoms with Crippen LogP contribution in [-0.4, -0.2) is 48.2 Å². The summed E-state index contributed by atoms with van der Waals surface area (Å²) in [6.45, 7) is -0.125. The van der Waals surface area contributed by atoms with Crippen LogP contribution in [0.2, 0.25) is 5.15 Å². The van der Waals surface area contributed by atoms with Crippen molar-refractivity contribution in [3.8, 4) is 11.6 Å². The number of halogens is 4. The number of pyridine rings is 1. The van der Waals surface area contributed by atoms with Crippen molar-refractivity contribution in [1.82, 2.24) is 9.88 Å². The molecule has 0 radical (unpaired) electrons. The standard InChI is InChI=1S/C23H19BrClNO3.C4H7F2N/c1-28-21-20-18(13-19(25)26-21)29-23(15-7-9-16(24)10-8-15)17(11-12-22(20,23)27)14-5-3-2-4-6-14;1-7-2-4(5,6)3-7/h2-10,13,17,27H,11-12H2,1H3;2-3H2,1H3. The van der Waals surface area contributed by atoms with Gasteiger partial charge in [-0.05, 0) is 43.1 Å². The molecule has 1 aromatic heterocycles. The molecule has 6 rings (SSSR count). The molecule has 1 N–H and O–H groups in total. The van der Waals surface area contributed by atoms with Crippen molar-refractivity contribution in [1.29, 1.82) is 0 Å². The highest BCUT2D eigenvalue weighted by Crippen LogP contribution is 2.68. The van der Waals surface area contributed by atoms with Crippen LogP contribution in [0.1, 0.15) is 35.4 Å². The molecular formula is C27H26BrClF2N2O3. The molecule has 2 aliphatic heterocycles. The van der Waals surface area contributed by atoms with E-state index in [2.05, 4.69) is 33.0 Å². The van der Waals surface area contributed by atoms with Crippen LogP contribution in [0.25, 0.3) is 0 Å². The van der Waals surface area contributed by atoms with E-state index < -0.39 is 17.1 Å². The van der Waals surface area contributed by atoms with Crippen LogP contribution >= 0.6 is 27.5 Å². The van der Waals surface area contributed by atoms with E-state index in [4.69, 9.17) is 21.1 Å². The summed E-state index contributed by atoms with van der Waals surface area (Å²) in [7, 11) is 3.21. The molecule has 0 bridgehead atoms. The van der Waals surface area contributed by atoms with Crippen molar-refractivity contribution in [3.05, 3.63) is 87.0 Å². The lowest BCUT2D eigenvalue weighted by Crippen LogP contribution is -2.53. The summed E-state index contributed by atoms with van der Waals surface area (Å²) in [5.41, 5.74) is 0.309. The van der Waals surface area contributed by atoms with E-state index in [1.54, 1.807) is 18.0 Å². The Kier molecular flexibility index (Phi) is 6.52. The molecule has 3 aromatic rings. The first-order valence-electron chi connectivity index (χ1n) is 11.6. The lowest BCUT2D eigenvalue weighted by atomic mass is 9.72. The van der Waals surface area contributed by atoms with Gasteiger partial charge in [0.05, 0.1) is 25.8 Å². The number of likely N-dealkylation sites (tertiary alicyclic amines) is 1. The first-order chi connectivity index (χ1) is 17.1. The summed E-state index contributed by atoms with van der Waals surface area (Å²) < 4.78 is 36.6. The highest BCUT2D eigenvalue weighted by Gasteiger charge is 2.69. The molecule has 5 nitrogen and oxygen atoms in total. The first-order valence-corrected chi connectivity index (χ1v) is 12.8. The van der Waals surface area contributed by atoms with E-state index in [1.165, 1.54) is 7.11 Å². The second-order valence-electron chi connectivity index (χ2n) is 9.56. The van der Waals surface area contributed by atoms with Crippen molar-refractivity contribution in [2.24, 2.45) is 0 Å². The molecule has 9 heteroatoms.